The van der Waals surface area contributed by atoms with E-state index >= 15 is 0 Å². The van der Waals surface area contributed by atoms with Gasteiger partial charge in [0.15, 0.2) is 0 Å². The zero-order valence-electron chi connectivity index (χ0n) is 10.7. The van der Waals surface area contributed by atoms with E-state index in [0.717, 1.165) is 11.3 Å². The maximum absolute atomic E-state index is 13.7. The second-order valence-corrected chi connectivity index (χ2v) is 4.39. The number of nitrogens with one attached hydrogen (secondary N) is 1. The topological polar surface area (TPSA) is 24.9 Å². The summed E-state index contributed by atoms with van der Waals surface area (Å²) in [4.78, 5) is 4.36. The lowest BCUT2D eigenvalue weighted by Crippen LogP contribution is -2.20. The first-order valence-electron chi connectivity index (χ1n) is 6.04. The van der Waals surface area contributed by atoms with Gasteiger partial charge in [0, 0.05) is 29.9 Å². The highest BCUT2D eigenvalue weighted by Gasteiger charge is 2.14. The molecular weight excluding hydrogens is 227 g/mol. The number of likely N-dealkylation sites (N-methyl/N-ethyl adjacent to an activating group) is 1. The van der Waals surface area contributed by atoms with E-state index in [0.29, 0.717) is 12.0 Å². The van der Waals surface area contributed by atoms with Crippen LogP contribution in [0.3, 0.4) is 0 Å². The minimum atomic E-state index is -0.177. The van der Waals surface area contributed by atoms with Gasteiger partial charge in [-0.3, -0.25) is 4.98 Å². The molecule has 0 saturated carbocycles. The van der Waals surface area contributed by atoms with E-state index in [4.69, 9.17) is 0 Å². The molecule has 0 aliphatic rings. The van der Waals surface area contributed by atoms with Crippen molar-refractivity contribution in [3.05, 3.63) is 65.2 Å². The van der Waals surface area contributed by atoms with Gasteiger partial charge in [0.2, 0.25) is 0 Å². The Morgan fingerprint density at radius 1 is 1.22 bits per heavy atom. The van der Waals surface area contributed by atoms with Gasteiger partial charge in [-0.1, -0.05) is 24.3 Å². The Labute approximate surface area is 107 Å². The fourth-order valence-electron chi connectivity index (χ4n) is 1.95. The zero-order valence-corrected chi connectivity index (χ0v) is 10.7. The van der Waals surface area contributed by atoms with Crippen LogP contribution in [0, 0.1) is 12.7 Å². The van der Waals surface area contributed by atoms with Gasteiger partial charge in [-0.05, 0) is 31.7 Å². The number of hydrogen-bond acceptors (Lipinski definition) is 2. The van der Waals surface area contributed by atoms with Gasteiger partial charge in [-0.25, -0.2) is 4.39 Å². The largest absolute Gasteiger partial charge is 0.313 e. The molecule has 3 heteroatoms. The third-order valence-electron chi connectivity index (χ3n) is 3.01. The quantitative estimate of drug-likeness (QED) is 0.894. The van der Waals surface area contributed by atoms with Crippen LogP contribution >= 0.6 is 0 Å². The van der Waals surface area contributed by atoms with E-state index in [9.17, 15) is 4.39 Å². The molecule has 1 unspecified atom stereocenters. The zero-order chi connectivity index (χ0) is 13.0. The summed E-state index contributed by atoms with van der Waals surface area (Å²) in [5.41, 5.74) is 2.77. The Morgan fingerprint density at radius 3 is 2.61 bits per heavy atom. The van der Waals surface area contributed by atoms with Gasteiger partial charge >= 0.3 is 0 Å². The van der Waals surface area contributed by atoms with E-state index in [1.165, 1.54) is 6.07 Å². The molecule has 1 aromatic carbocycles. The lowest BCUT2D eigenvalue weighted by Gasteiger charge is -2.17. The summed E-state index contributed by atoms with van der Waals surface area (Å²) in [7, 11) is 1.84. The van der Waals surface area contributed by atoms with Gasteiger partial charge in [-0.2, -0.15) is 0 Å². The van der Waals surface area contributed by atoms with Gasteiger partial charge in [0.25, 0.3) is 0 Å². The standard InChI is InChI=1S/C15H17FN2/c1-11-7-8-12(18-10-11)9-15(17-2)13-5-3-4-6-14(13)16/h3-8,10,15,17H,9H2,1-2H3. The highest BCUT2D eigenvalue weighted by molar-refractivity contribution is 5.23. The lowest BCUT2D eigenvalue weighted by molar-refractivity contribution is 0.530. The molecule has 94 valence electrons. The van der Waals surface area contributed by atoms with Gasteiger partial charge in [-0.15, -0.1) is 0 Å². The minimum Gasteiger partial charge on any atom is -0.313 e. The van der Waals surface area contributed by atoms with Crippen molar-refractivity contribution in [1.82, 2.24) is 10.3 Å². The molecule has 0 amide bonds. The number of aryl methyl sites for hydroxylation is 1. The number of halogens is 1. The summed E-state index contributed by atoms with van der Waals surface area (Å²) < 4.78 is 13.7. The van der Waals surface area contributed by atoms with Crippen molar-refractivity contribution in [2.75, 3.05) is 7.05 Å². The minimum absolute atomic E-state index is 0.0543. The Morgan fingerprint density at radius 2 is 2.00 bits per heavy atom. The molecule has 0 bridgehead atoms. The van der Waals surface area contributed by atoms with Crippen LogP contribution in [0.5, 0.6) is 0 Å². The normalized spacial score (nSPS) is 12.4. The van der Waals surface area contributed by atoms with Crippen LogP contribution in [-0.2, 0) is 6.42 Å². The summed E-state index contributed by atoms with van der Waals surface area (Å²) >= 11 is 0. The average molecular weight is 244 g/mol. The molecule has 0 spiro atoms. The maximum atomic E-state index is 13.7. The highest BCUT2D eigenvalue weighted by Crippen LogP contribution is 2.20. The molecule has 0 aliphatic heterocycles. The number of pyridine rings is 1. The monoisotopic (exact) mass is 244 g/mol. The molecule has 0 saturated heterocycles. The van der Waals surface area contributed by atoms with Crippen molar-refractivity contribution in [2.24, 2.45) is 0 Å². The number of benzene rings is 1. The predicted octanol–water partition coefficient (Wildman–Crippen LogP) is 3.03. The second-order valence-electron chi connectivity index (χ2n) is 4.39. The molecule has 0 radical (unpaired) electrons. The van der Waals surface area contributed by atoms with Crippen LogP contribution < -0.4 is 5.32 Å². The first-order chi connectivity index (χ1) is 8.70. The molecule has 18 heavy (non-hydrogen) atoms. The predicted molar refractivity (Wildman–Crippen MR) is 70.9 cm³/mol. The fourth-order valence-corrected chi connectivity index (χ4v) is 1.95. The van der Waals surface area contributed by atoms with E-state index in [1.54, 1.807) is 6.07 Å². The van der Waals surface area contributed by atoms with E-state index < -0.39 is 0 Å². The Kier molecular flexibility index (Phi) is 4.05. The molecule has 1 heterocycles. The molecule has 1 atom stereocenters. The van der Waals surface area contributed by atoms with E-state index in [1.807, 2.05) is 44.4 Å². The fraction of sp³-hybridized carbons (Fsp3) is 0.267. The second kappa shape index (κ2) is 5.74. The summed E-state index contributed by atoms with van der Waals surface area (Å²) in [6.45, 7) is 2.00. The molecule has 1 aromatic heterocycles. The van der Waals surface area contributed by atoms with Gasteiger partial charge < -0.3 is 5.32 Å². The number of rotatable bonds is 4. The molecule has 2 aromatic rings. The number of hydrogen-bond donors (Lipinski definition) is 1. The Bertz CT molecular complexity index is 508. The summed E-state index contributed by atoms with van der Waals surface area (Å²) in [6, 6.07) is 10.8. The van der Waals surface area contributed by atoms with Gasteiger partial charge in [0.05, 0.1) is 0 Å². The molecule has 2 rings (SSSR count). The molecule has 0 fully saturated rings. The van der Waals surface area contributed by atoms with Crippen LogP contribution in [0.2, 0.25) is 0 Å². The maximum Gasteiger partial charge on any atom is 0.127 e. The molecule has 0 aliphatic carbocycles. The highest BCUT2D eigenvalue weighted by atomic mass is 19.1. The Hall–Kier alpha value is -1.74. The summed E-state index contributed by atoms with van der Waals surface area (Å²) in [5, 5.41) is 3.14. The van der Waals surface area contributed by atoms with Crippen molar-refractivity contribution < 1.29 is 4.39 Å². The third kappa shape index (κ3) is 2.93. The van der Waals surface area contributed by atoms with Crippen LogP contribution in [0.25, 0.3) is 0 Å². The third-order valence-corrected chi connectivity index (χ3v) is 3.01. The van der Waals surface area contributed by atoms with Crippen LogP contribution in [0.4, 0.5) is 4.39 Å². The molecular formula is C15H17FN2. The summed E-state index contributed by atoms with van der Waals surface area (Å²) in [6.07, 6.45) is 2.51. The summed E-state index contributed by atoms with van der Waals surface area (Å²) in [5.74, 6) is -0.177. The van der Waals surface area contributed by atoms with Crippen LogP contribution in [0.1, 0.15) is 22.9 Å². The van der Waals surface area contributed by atoms with Crippen LogP contribution in [0.15, 0.2) is 42.6 Å². The van der Waals surface area contributed by atoms with Crippen molar-refractivity contribution >= 4 is 0 Å². The molecule has 2 nitrogen and oxygen atoms in total. The first kappa shape index (κ1) is 12.7. The molecule has 1 N–H and O–H groups in total. The van der Waals surface area contributed by atoms with Crippen LogP contribution in [-0.4, -0.2) is 12.0 Å². The van der Waals surface area contributed by atoms with Crippen molar-refractivity contribution in [1.29, 1.82) is 0 Å². The van der Waals surface area contributed by atoms with Gasteiger partial charge in [0.1, 0.15) is 5.82 Å². The number of aromatic nitrogens is 1. The van der Waals surface area contributed by atoms with Crippen molar-refractivity contribution in [2.45, 2.75) is 19.4 Å². The van der Waals surface area contributed by atoms with E-state index in [2.05, 4.69) is 10.3 Å². The smallest absolute Gasteiger partial charge is 0.127 e. The average Bonchev–Trinajstić information content (AvgIpc) is 2.39. The van der Waals surface area contributed by atoms with Crippen molar-refractivity contribution in [3.8, 4) is 0 Å². The number of nitrogens with zero attached hydrogens (tertiary/aromatic N) is 1. The van der Waals surface area contributed by atoms with E-state index in [-0.39, 0.29) is 11.9 Å². The lowest BCUT2D eigenvalue weighted by atomic mass is 10.0. The van der Waals surface area contributed by atoms with Crippen molar-refractivity contribution in [3.63, 3.8) is 0 Å². The Balaban J connectivity index is 2.20. The SMILES string of the molecule is CNC(Cc1ccc(C)cn1)c1ccccc1F. The first-order valence-corrected chi connectivity index (χ1v) is 6.04.